The molecule has 1 aliphatic heterocycles. The lowest BCUT2D eigenvalue weighted by atomic mass is 10.2. The fraction of sp³-hybridized carbons (Fsp3) is 0.500. The van der Waals surface area contributed by atoms with Crippen LogP contribution in [0, 0.1) is 0 Å². The molecule has 6 heteroatoms. The maximum Gasteiger partial charge on any atom is 0.223 e. The zero-order chi connectivity index (χ0) is 14.4. The van der Waals surface area contributed by atoms with Gasteiger partial charge in [-0.05, 0) is 37.6 Å². The van der Waals surface area contributed by atoms with Gasteiger partial charge in [-0.3, -0.25) is 4.79 Å². The van der Waals surface area contributed by atoms with Gasteiger partial charge in [-0.25, -0.2) is 0 Å². The molecule has 1 fully saturated rings. The molecule has 1 atom stereocenters. The zero-order valence-corrected chi connectivity index (χ0v) is 12.6. The van der Waals surface area contributed by atoms with Crippen molar-refractivity contribution < 1.29 is 9.53 Å². The van der Waals surface area contributed by atoms with Gasteiger partial charge >= 0.3 is 0 Å². The van der Waals surface area contributed by atoms with Gasteiger partial charge < -0.3 is 15.4 Å². The molecule has 1 aliphatic rings. The van der Waals surface area contributed by atoms with E-state index >= 15 is 0 Å². The molecule has 1 saturated heterocycles. The third kappa shape index (κ3) is 4.85. The van der Waals surface area contributed by atoms with Crippen molar-refractivity contribution in [1.82, 2.24) is 10.6 Å². The third-order valence-corrected chi connectivity index (χ3v) is 3.72. The Morgan fingerprint density at radius 1 is 1.45 bits per heavy atom. The lowest BCUT2D eigenvalue weighted by Gasteiger charge is -2.12. The van der Waals surface area contributed by atoms with Crippen LogP contribution in [0.15, 0.2) is 18.2 Å². The van der Waals surface area contributed by atoms with Gasteiger partial charge in [0.2, 0.25) is 5.91 Å². The van der Waals surface area contributed by atoms with E-state index in [0.29, 0.717) is 41.4 Å². The molecule has 0 bridgehead atoms. The van der Waals surface area contributed by atoms with E-state index in [9.17, 15) is 4.79 Å². The first-order valence-corrected chi connectivity index (χ1v) is 7.48. The summed E-state index contributed by atoms with van der Waals surface area (Å²) in [4.78, 5) is 11.7. The summed E-state index contributed by atoms with van der Waals surface area (Å²) in [6.07, 6.45) is 2.61. The summed E-state index contributed by atoms with van der Waals surface area (Å²) >= 11 is 11.8. The van der Waals surface area contributed by atoms with Gasteiger partial charge in [-0.2, -0.15) is 0 Å². The second-order valence-electron chi connectivity index (χ2n) is 4.77. The fourth-order valence-corrected chi connectivity index (χ4v) is 2.57. The largest absolute Gasteiger partial charge is 0.491 e. The lowest BCUT2D eigenvalue weighted by Crippen LogP contribution is -2.37. The average Bonchev–Trinajstić information content (AvgIpc) is 2.92. The molecule has 0 radical (unpaired) electrons. The van der Waals surface area contributed by atoms with Gasteiger partial charge in [-0.1, -0.05) is 23.2 Å². The molecular weight excluding hydrogens is 299 g/mol. The Kier molecular flexibility index (Phi) is 5.95. The molecule has 0 saturated carbocycles. The maximum atomic E-state index is 11.7. The average molecular weight is 317 g/mol. The molecule has 1 unspecified atom stereocenters. The summed E-state index contributed by atoms with van der Waals surface area (Å²) in [5.74, 6) is 0.533. The van der Waals surface area contributed by atoms with Crippen molar-refractivity contribution in [2.45, 2.75) is 25.3 Å². The smallest absolute Gasteiger partial charge is 0.223 e. The standard InChI is InChI=1S/C14H18Cl2N2O2/c15-10-3-4-13(12(16)8-10)20-7-5-14(19)18-9-11-2-1-6-17-11/h3-4,8,11,17H,1-2,5-7,9H2,(H,18,19). The number of carbonyl (C=O) groups is 1. The number of benzene rings is 1. The number of carbonyl (C=O) groups excluding carboxylic acids is 1. The predicted molar refractivity (Wildman–Crippen MR) is 80.6 cm³/mol. The number of hydrogen-bond acceptors (Lipinski definition) is 3. The minimum Gasteiger partial charge on any atom is -0.491 e. The van der Waals surface area contributed by atoms with Crippen LogP contribution in [-0.4, -0.2) is 31.6 Å². The van der Waals surface area contributed by atoms with E-state index in [4.69, 9.17) is 27.9 Å². The molecular formula is C14H18Cl2N2O2. The number of nitrogens with one attached hydrogen (secondary N) is 2. The van der Waals surface area contributed by atoms with Gasteiger partial charge in [0.25, 0.3) is 0 Å². The number of hydrogen-bond donors (Lipinski definition) is 2. The first-order chi connectivity index (χ1) is 9.65. The molecule has 0 spiro atoms. The molecule has 2 N–H and O–H groups in total. The van der Waals surface area contributed by atoms with Crippen LogP contribution in [0.2, 0.25) is 10.0 Å². The maximum absolute atomic E-state index is 11.7. The highest BCUT2D eigenvalue weighted by molar-refractivity contribution is 6.35. The van der Waals surface area contributed by atoms with Crippen LogP contribution < -0.4 is 15.4 Å². The van der Waals surface area contributed by atoms with Gasteiger partial charge in [0.1, 0.15) is 5.75 Å². The Morgan fingerprint density at radius 3 is 3.00 bits per heavy atom. The van der Waals surface area contributed by atoms with Crippen molar-refractivity contribution in [2.75, 3.05) is 19.7 Å². The number of amides is 1. The molecule has 1 heterocycles. The van der Waals surface area contributed by atoms with E-state index in [2.05, 4.69) is 10.6 Å². The second-order valence-corrected chi connectivity index (χ2v) is 5.61. The minimum absolute atomic E-state index is 0.0104. The van der Waals surface area contributed by atoms with Gasteiger partial charge in [0, 0.05) is 17.6 Å². The molecule has 20 heavy (non-hydrogen) atoms. The third-order valence-electron chi connectivity index (χ3n) is 3.19. The van der Waals surface area contributed by atoms with Gasteiger partial charge in [0.05, 0.1) is 18.1 Å². The highest BCUT2D eigenvalue weighted by Crippen LogP contribution is 2.27. The van der Waals surface area contributed by atoms with Crippen LogP contribution in [0.1, 0.15) is 19.3 Å². The van der Waals surface area contributed by atoms with E-state index in [1.165, 1.54) is 6.42 Å². The van der Waals surface area contributed by atoms with E-state index in [1.54, 1.807) is 18.2 Å². The summed E-state index contributed by atoms with van der Waals surface area (Å²) in [6.45, 7) is 2.02. The van der Waals surface area contributed by atoms with Gasteiger partial charge in [0.15, 0.2) is 0 Å². The summed E-state index contributed by atoms with van der Waals surface area (Å²) in [5.41, 5.74) is 0. The molecule has 1 aromatic rings. The highest BCUT2D eigenvalue weighted by Gasteiger charge is 2.14. The van der Waals surface area contributed by atoms with Crippen LogP contribution >= 0.6 is 23.2 Å². The number of halogens is 2. The van der Waals surface area contributed by atoms with Crippen molar-refractivity contribution >= 4 is 29.1 Å². The monoisotopic (exact) mass is 316 g/mol. The Bertz CT molecular complexity index is 462. The Morgan fingerprint density at radius 2 is 2.30 bits per heavy atom. The first-order valence-electron chi connectivity index (χ1n) is 6.73. The quantitative estimate of drug-likeness (QED) is 0.848. The van der Waals surface area contributed by atoms with Crippen LogP contribution in [0.4, 0.5) is 0 Å². The summed E-state index contributed by atoms with van der Waals surface area (Å²) in [5, 5.41) is 7.24. The topological polar surface area (TPSA) is 50.4 Å². The number of rotatable bonds is 6. The van der Waals surface area contributed by atoms with Crippen molar-refractivity contribution in [2.24, 2.45) is 0 Å². The normalized spacial score (nSPS) is 18.0. The van der Waals surface area contributed by atoms with E-state index < -0.39 is 0 Å². The summed E-state index contributed by atoms with van der Waals surface area (Å²) in [6, 6.07) is 5.43. The molecule has 1 aromatic carbocycles. The van der Waals surface area contributed by atoms with Crippen LogP contribution in [0.25, 0.3) is 0 Å². The van der Waals surface area contributed by atoms with E-state index in [0.717, 1.165) is 13.0 Å². The van der Waals surface area contributed by atoms with Crippen molar-refractivity contribution in [1.29, 1.82) is 0 Å². The minimum atomic E-state index is -0.0104. The van der Waals surface area contributed by atoms with Crippen LogP contribution in [0.3, 0.4) is 0 Å². The van der Waals surface area contributed by atoms with Crippen molar-refractivity contribution in [3.63, 3.8) is 0 Å². The Balaban J connectivity index is 1.65. The number of ether oxygens (including phenoxy) is 1. The van der Waals surface area contributed by atoms with Crippen LogP contribution in [0.5, 0.6) is 5.75 Å². The van der Waals surface area contributed by atoms with Crippen molar-refractivity contribution in [3.8, 4) is 5.75 Å². The molecule has 1 amide bonds. The lowest BCUT2D eigenvalue weighted by molar-refractivity contribution is -0.121. The fourth-order valence-electron chi connectivity index (χ4n) is 2.10. The van der Waals surface area contributed by atoms with E-state index in [-0.39, 0.29) is 5.91 Å². The molecule has 0 aromatic heterocycles. The van der Waals surface area contributed by atoms with Crippen LogP contribution in [-0.2, 0) is 4.79 Å². The molecule has 4 nitrogen and oxygen atoms in total. The predicted octanol–water partition coefficient (Wildman–Crippen LogP) is 2.63. The summed E-state index contributed by atoms with van der Waals surface area (Å²) < 4.78 is 5.47. The SMILES string of the molecule is O=C(CCOc1ccc(Cl)cc1Cl)NCC1CCCN1. The molecule has 2 rings (SSSR count). The van der Waals surface area contributed by atoms with E-state index in [1.807, 2.05) is 0 Å². The summed E-state index contributed by atoms with van der Waals surface area (Å²) in [7, 11) is 0. The Labute approximate surface area is 128 Å². The Hall–Kier alpha value is -0.970. The van der Waals surface area contributed by atoms with Crippen molar-refractivity contribution in [3.05, 3.63) is 28.2 Å². The highest BCUT2D eigenvalue weighted by atomic mass is 35.5. The van der Waals surface area contributed by atoms with Gasteiger partial charge in [-0.15, -0.1) is 0 Å². The second kappa shape index (κ2) is 7.72. The molecule has 0 aliphatic carbocycles. The zero-order valence-electron chi connectivity index (χ0n) is 11.1. The molecule has 110 valence electrons. The first kappa shape index (κ1) is 15.4.